The zero-order valence-electron chi connectivity index (χ0n) is 14.4. The maximum Gasteiger partial charge on any atom is 0.262 e. The van der Waals surface area contributed by atoms with Crippen LogP contribution >= 0.6 is 0 Å². The maximum atomic E-state index is 12.6. The van der Waals surface area contributed by atoms with Gasteiger partial charge in [0.2, 0.25) is 0 Å². The lowest BCUT2D eigenvalue weighted by Gasteiger charge is -2.13. The van der Waals surface area contributed by atoms with Crippen molar-refractivity contribution in [2.75, 3.05) is 18.9 Å². The molecule has 0 bridgehead atoms. The molecule has 1 N–H and O–H groups in total. The Labute approximate surface area is 143 Å². The van der Waals surface area contributed by atoms with Crippen LogP contribution < -0.4 is 14.2 Å². The van der Waals surface area contributed by atoms with E-state index >= 15 is 0 Å². The lowest BCUT2D eigenvalue weighted by Crippen LogP contribution is -2.13. The van der Waals surface area contributed by atoms with E-state index in [9.17, 15) is 8.42 Å². The summed E-state index contributed by atoms with van der Waals surface area (Å²) in [6.45, 7) is 4.25. The molecule has 0 heterocycles. The minimum absolute atomic E-state index is 0.216. The smallest absolute Gasteiger partial charge is 0.262 e. The van der Waals surface area contributed by atoms with Gasteiger partial charge >= 0.3 is 0 Å². The molecule has 0 aliphatic heterocycles. The molecule has 2 rings (SSSR count). The van der Waals surface area contributed by atoms with Crippen molar-refractivity contribution in [1.29, 1.82) is 0 Å². The monoisotopic (exact) mass is 349 g/mol. The molecule has 0 unspecified atom stereocenters. The second-order valence-corrected chi connectivity index (χ2v) is 7.60. The zero-order valence-corrected chi connectivity index (χ0v) is 15.2. The summed E-state index contributed by atoms with van der Waals surface area (Å²) in [6, 6.07) is 11.9. The second-order valence-electron chi connectivity index (χ2n) is 5.91. The number of hydrogen-bond acceptors (Lipinski definition) is 4. The summed E-state index contributed by atoms with van der Waals surface area (Å²) in [4.78, 5) is 0.216. The van der Waals surface area contributed by atoms with Gasteiger partial charge in [-0.2, -0.15) is 0 Å². The third-order valence-electron chi connectivity index (χ3n) is 3.53. The van der Waals surface area contributed by atoms with Crippen LogP contribution in [-0.2, 0) is 16.4 Å². The van der Waals surface area contributed by atoms with E-state index in [2.05, 4.69) is 18.6 Å². The topological polar surface area (TPSA) is 64.6 Å². The fourth-order valence-electron chi connectivity index (χ4n) is 2.36. The van der Waals surface area contributed by atoms with E-state index in [-0.39, 0.29) is 4.90 Å². The van der Waals surface area contributed by atoms with Gasteiger partial charge in [0.15, 0.2) is 0 Å². The van der Waals surface area contributed by atoms with E-state index in [1.165, 1.54) is 14.2 Å². The quantitative estimate of drug-likeness (QED) is 0.828. The van der Waals surface area contributed by atoms with Gasteiger partial charge < -0.3 is 9.47 Å². The average molecular weight is 349 g/mol. The fourth-order valence-corrected chi connectivity index (χ4v) is 3.43. The third kappa shape index (κ3) is 4.41. The molecule has 24 heavy (non-hydrogen) atoms. The number of nitrogens with one attached hydrogen (secondary N) is 1. The molecule has 130 valence electrons. The first-order valence-corrected chi connectivity index (χ1v) is 9.18. The number of rotatable bonds is 7. The van der Waals surface area contributed by atoms with Gasteiger partial charge in [-0.05, 0) is 42.2 Å². The van der Waals surface area contributed by atoms with Crippen LogP contribution in [0.2, 0.25) is 0 Å². The van der Waals surface area contributed by atoms with Crippen molar-refractivity contribution in [2.24, 2.45) is 5.92 Å². The van der Waals surface area contributed by atoms with Crippen molar-refractivity contribution >= 4 is 15.7 Å². The zero-order chi connectivity index (χ0) is 17.7. The molecule has 0 saturated carbocycles. The van der Waals surface area contributed by atoms with Gasteiger partial charge in [0.1, 0.15) is 11.5 Å². The normalized spacial score (nSPS) is 11.4. The summed E-state index contributed by atoms with van der Waals surface area (Å²) in [5.41, 5.74) is 1.48. The van der Waals surface area contributed by atoms with Gasteiger partial charge in [-0.25, -0.2) is 8.42 Å². The first-order valence-electron chi connectivity index (χ1n) is 7.69. The minimum atomic E-state index is -3.68. The average Bonchev–Trinajstić information content (AvgIpc) is 2.55. The van der Waals surface area contributed by atoms with Crippen LogP contribution in [0.4, 0.5) is 5.69 Å². The van der Waals surface area contributed by atoms with Crippen molar-refractivity contribution in [1.82, 2.24) is 0 Å². The van der Waals surface area contributed by atoms with Crippen LogP contribution in [0.3, 0.4) is 0 Å². The van der Waals surface area contributed by atoms with Gasteiger partial charge in [0.25, 0.3) is 10.0 Å². The Kier molecular flexibility index (Phi) is 5.72. The molecule has 0 aliphatic rings. The lowest BCUT2D eigenvalue weighted by molar-refractivity contribution is 0.395. The van der Waals surface area contributed by atoms with Crippen LogP contribution in [-0.4, -0.2) is 22.6 Å². The van der Waals surface area contributed by atoms with Gasteiger partial charge in [-0.1, -0.05) is 26.0 Å². The molecule has 2 aromatic carbocycles. The molecule has 0 fully saturated rings. The third-order valence-corrected chi connectivity index (χ3v) is 4.91. The molecule has 5 nitrogen and oxygen atoms in total. The molecule has 0 saturated heterocycles. The summed E-state index contributed by atoms with van der Waals surface area (Å²) in [6.07, 6.45) is 0.917. The van der Waals surface area contributed by atoms with Crippen molar-refractivity contribution < 1.29 is 17.9 Å². The Bertz CT molecular complexity index is 783. The van der Waals surface area contributed by atoms with Gasteiger partial charge in [0, 0.05) is 6.07 Å². The van der Waals surface area contributed by atoms with Crippen LogP contribution in [0.15, 0.2) is 47.4 Å². The number of ether oxygens (including phenoxy) is 2. The van der Waals surface area contributed by atoms with Gasteiger partial charge in [-0.15, -0.1) is 0 Å². The Morgan fingerprint density at radius 3 is 2.21 bits per heavy atom. The molecular formula is C18H23NO4S. The van der Waals surface area contributed by atoms with E-state index in [1.54, 1.807) is 30.3 Å². The maximum absolute atomic E-state index is 12.6. The largest absolute Gasteiger partial charge is 0.497 e. The summed E-state index contributed by atoms with van der Waals surface area (Å²) >= 11 is 0. The first-order chi connectivity index (χ1) is 11.4. The Morgan fingerprint density at radius 2 is 1.67 bits per heavy atom. The van der Waals surface area contributed by atoms with Crippen molar-refractivity contribution in [3.8, 4) is 11.5 Å². The fraction of sp³-hybridized carbons (Fsp3) is 0.333. The molecule has 0 amide bonds. The number of benzene rings is 2. The summed E-state index contributed by atoms with van der Waals surface area (Å²) in [7, 11) is -0.663. The lowest BCUT2D eigenvalue weighted by atomic mass is 10.0. The minimum Gasteiger partial charge on any atom is -0.497 e. The number of sulfonamides is 1. The molecule has 0 aliphatic carbocycles. The van der Waals surface area contributed by atoms with E-state index < -0.39 is 10.0 Å². The molecule has 6 heteroatoms. The highest BCUT2D eigenvalue weighted by Crippen LogP contribution is 2.30. The van der Waals surface area contributed by atoms with E-state index in [1.807, 2.05) is 12.1 Å². The predicted octanol–water partition coefficient (Wildman–Crippen LogP) is 3.70. The van der Waals surface area contributed by atoms with Crippen LogP contribution in [0.5, 0.6) is 11.5 Å². The van der Waals surface area contributed by atoms with Gasteiger partial charge in [-0.3, -0.25) is 4.72 Å². The molecule has 2 aromatic rings. The molecular weight excluding hydrogens is 326 g/mol. The first kappa shape index (κ1) is 18.1. The highest BCUT2D eigenvalue weighted by Gasteiger charge is 2.17. The Morgan fingerprint density at radius 1 is 1.00 bits per heavy atom. The van der Waals surface area contributed by atoms with E-state index in [0.717, 1.165) is 12.0 Å². The standard InChI is InChI=1S/C18H23NO4S/c1-13(2)11-14-5-8-16(9-6-14)24(20,21)19-17-10-7-15(22-3)12-18(17)23-4/h5-10,12-13,19H,11H2,1-4H3. The van der Waals surface area contributed by atoms with Gasteiger partial charge in [0.05, 0.1) is 24.8 Å². The predicted molar refractivity (Wildman–Crippen MR) is 95.3 cm³/mol. The summed E-state index contributed by atoms with van der Waals surface area (Å²) < 4.78 is 38.0. The Balaban J connectivity index is 2.25. The van der Waals surface area contributed by atoms with Crippen LogP contribution in [0.25, 0.3) is 0 Å². The molecule has 0 radical (unpaired) electrons. The highest BCUT2D eigenvalue weighted by molar-refractivity contribution is 7.92. The SMILES string of the molecule is COc1ccc(NS(=O)(=O)c2ccc(CC(C)C)cc2)c(OC)c1. The van der Waals surface area contributed by atoms with Crippen LogP contribution in [0.1, 0.15) is 19.4 Å². The number of anilines is 1. The highest BCUT2D eigenvalue weighted by atomic mass is 32.2. The number of hydrogen-bond donors (Lipinski definition) is 1. The van der Waals surface area contributed by atoms with Crippen LogP contribution in [0, 0.1) is 5.92 Å². The van der Waals surface area contributed by atoms with E-state index in [4.69, 9.17) is 9.47 Å². The van der Waals surface area contributed by atoms with Crippen molar-refractivity contribution in [3.63, 3.8) is 0 Å². The Hall–Kier alpha value is -2.21. The second kappa shape index (κ2) is 7.57. The summed E-state index contributed by atoms with van der Waals surface area (Å²) in [5, 5.41) is 0. The number of methoxy groups -OCH3 is 2. The van der Waals surface area contributed by atoms with Crippen molar-refractivity contribution in [2.45, 2.75) is 25.2 Å². The summed E-state index contributed by atoms with van der Waals surface area (Å²) in [5.74, 6) is 1.51. The molecule has 0 aromatic heterocycles. The molecule has 0 atom stereocenters. The molecule has 0 spiro atoms. The van der Waals surface area contributed by atoms with Crippen molar-refractivity contribution in [3.05, 3.63) is 48.0 Å². The van der Waals surface area contributed by atoms with E-state index in [0.29, 0.717) is 23.1 Å².